The first kappa shape index (κ1) is 26.6. The van der Waals surface area contributed by atoms with Gasteiger partial charge in [-0.3, -0.25) is 9.59 Å². The van der Waals surface area contributed by atoms with E-state index in [1.54, 1.807) is 7.11 Å². The van der Waals surface area contributed by atoms with E-state index in [4.69, 9.17) is 15.5 Å². The van der Waals surface area contributed by atoms with E-state index in [0.717, 1.165) is 62.1 Å². The summed E-state index contributed by atoms with van der Waals surface area (Å²) >= 11 is 0. The summed E-state index contributed by atoms with van der Waals surface area (Å²) < 4.78 is 7.58. The third-order valence-corrected chi connectivity index (χ3v) is 7.75. The molecule has 2 atom stereocenters. The molecular formula is C28H43N5O3. The number of nitrogens with zero attached hydrogens (tertiary/aromatic N) is 3. The van der Waals surface area contributed by atoms with Crippen LogP contribution >= 0.6 is 0 Å². The molecule has 36 heavy (non-hydrogen) atoms. The van der Waals surface area contributed by atoms with Crippen molar-refractivity contribution in [3.63, 3.8) is 0 Å². The van der Waals surface area contributed by atoms with Gasteiger partial charge in [0, 0.05) is 64.7 Å². The fourth-order valence-electron chi connectivity index (χ4n) is 5.82. The fraction of sp³-hybridized carbons (Fsp3) is 0.679. The van der Waals surface area contributed by atoms with E-state index in [-0.39, 0.29) is 30.2 Å². The van der Waals surface area contributed by atoms with Crippen molar-refractivity contribution in [2.75, 3.05) is 33.4 Å². The number of carbonyl (C=O) groups excluding carboxylic acids is 2. The van der Waals surface area contributed by atoms with Crippen LogP contribution in [0.1, 0.15) is 76.0 Å². The van der Waals surface area contributed by atoms with Crippen LogP contribution in [0.5, 0.6) is 0 Å². The van der Waals surface area contributed by atoms with Gasteiger partial charge < -0.3 is 25.3 Å². The highest BCUT2D eigenvalue weighted by Gasteiger charge is 2.29. The topological polar surface area (TPSA) is 102 Å². The zero-order valence-corrected chi connectivity index (χ0v) is 21.8. The number of fused-ring (bicyclic) bond motifs is 1. The lowest BCUT2D eigenvalue weighted by Gasteiger charge is -2.33. The molecule has 2 fully saturated rings. The minimum Gasteiger partial charge on any atom is -0.385 e. The highest BCUT2D eigenvalue weighted by Crippen LogP contribution is 2.30. The smallest absolute Gasteiger partial charge is 0.224 e. The number of methoxy groups -OCH3 is 1. The second-order valence-electron chi connectivity index (χ2n) is 10.6. The molecule has 1 saturated heterocycles. The number of piperidine rings is 1. The second kappa shape index (κ2) is 13.2. The van der Waals surface area contributed by atoms with Crippen molar-refractivity contribution < 1.29 is 14.3 Å². The molecule has 3 N–H and O–H groups in total. The van der Waals surface area contributed by atoms with E-state index in [1.807, 2.05) is 17.0 Å². The number of nitrogens with one attached hydrogen (secondary N) is 1. The lowest BCUT2D eigenvalue weighted by molar-refractivity contribution is -0.133. The van der Waals surface area contributed by atoms with Gasteiger partial charge in [-0.15, -0.1) is 0 Å². The van der Waals surface area contributed by atoms with Gasteiger partial charge in [-0.2, -0.15) is 0 Å². The van der Waals surface area contributed by atoms with Crippen molar-refractivity contribution in [3.05, 3.63) is 30.1 Å². The maximum atomic E-state index is 13.1. The summed E-state index contributed by atoms with van der Waals surface area (Å²) in [5, 5.41) is 2.96. The number of ether oxygens (including phenoxy) is 1. The van der Waals surface area contributed by atoms with Crippen LogP contribution in [0.25, 0.3) is 11.0 Å². The lowest BCUT2D eigenvalue weighted by atomic mass is 9.87. The van der Waals surface area contributed by atoms with Crippen molar-refractivity contribution in [2.24, 2.45) is 11.7 Å². The van der Waals surface area contributed by atoms with Gasteiger partial charge >= 0.3 is 0 Å². The zero-order chi connectivity index (χ0) is 25.3. The van der Waals surface area contributed by atoms with E-state index >= 15 is 0 Å². The SMILES string of the molecule is COCCCn1c([C@@H]2CCCN(C(=O)C[C@H](N)CNC(=O)CC3CCCCC3)C2)nc2ccccc21. The van der Waals surface area contributed by atoms with Gasteiger partial charge in [0.25, 0.3) is 0 Å². The molecule has 1 aromatic carbocycles. The average Bonchev–Trinajstić information content (AvgIpc) is 3.27. The normalized spacial score (nSPS) is 19.9. The number of rotatable bonds is 11. The number of carbonyl (C=O) groups is 2. The number of imidazole rings is 1. The monoisotopic (exact) mass is 497 g/mol. The van der Waals surface area contributed by atoms with Crippen molar-refractivity contribution in [3.8, 4) is 0 Å². The number of hydrogen-bond acceptors (Lipinski definition) is 5. The Kier molecular flexibility index (Phi) is 9.75. The number of likely N-dealkylation sites (tertiary alicyclic amines) is 1. The average molecular weight is 498 g/mol. The minimum atomic E-state index is -0.369. The molecule has 8 nitrogen and oxygen atoms in total. The number of hydrogen-bond donors (Lipinski definition) is 2. The molecule has 1 aromatic heterocycles. The molecule has 8 heteroatoms. The van der Waals surface area contributed by atoms with Crippen LogP contribution in [0.3, 0.4) is 0 Å². The third kappa shape index (κ3) is 7.07. The molecular weight excluding hydrogens is 454 g/mol. The molecule has 198 valence electrons. The quantitative estimate of drug-likeness (QED) is 0.462. The molecule has 4 rings (SSSR count). The second-order valence-corrected chi connectivity index (χ2v) is 10.6. The van der Waals surface area contributed by atoms with Crippen LogP contribution in [0.4, 0.5) is 0 Å². The molecule has 0 unspecified atom stereocenters. The standard InChI is InChI=1S/C28H43N5O3/c1-36-16-8-15-33-25-13-6-5-12-24(25)31-28(33)22-11-7-14-32(20-22)27(35)18-23(29)19-30-26(34)17-21-9-3-2-4-10-21/h5-6,12-13,21-23H,2-4,7-11,14-20,29H2,1H3,(H,30,34)/t22-,23+/m1/s1. The number of benzene rings is 1. The lowest BCUT2D eigenvalue weighted by Crippen LogP contribution is -2.45. The van der Waals surface area contributed by atoms with E-state index in [2.05, 4.69) is 22.0 Å². The first-order valence-electron chi connectivity index (χ1n) is 13.8. The zero-order valence-electron chi connectivity index (χ0n) is 21.8. The molecule has 2 amide bonds. The van der Waals surface area contributed by atoms with Crippen molar-refractivity contribution in [1.82, 2.24) is 19.8 Å². The molecule has 2 heterocycles. The van der Waals surface area contributed by atoms with Crippen molar-refractivity contribution >= 4 is 22.8 Å². The number of nitrogens with two attached hydrogens (primary N) is 1. The third-order valence-electron chi connectivity index (χ3n) is 7.75. The highest BCUT2D eigenvalue weighted by molar-refractivity contribution is 5.78. The molecule has 0 radical (unpaired) electrons. The predicted molar refractivity (Wildman–Crippen MR) is 142 cm³/mol. The van der Waals surface area contributed by atoms with Gasteiger partial charge in [-0.25, -0.2) is 4.98 Å². The molecule has 2 aliphatic rings. The fourth-order valence-corrected chi connectivity index (χ4v) is 5.82. The highest BCUT2D eigenvalue weighted by atomic mass is 16.5. The van der Waals surface area contributed by atoms with E-state index < -0.39 is 0 Å². The Labute approximate surface area is 214 Å². The van der Waals surface area contributed by atoms with Gasteiger partial charge in [-0.05, 0) is 50.2 Å². The largest absolute Gasteiger partial charge is 0.385 e. The number of aromatic nitrogens is 2. The summed E-state index contributed by atoms with van der Waals surface area (Å²) in [7, 11) is 1.73. The molecule has 2 aromatic rings. The summed E-state index contributed by atoms with van der Waals surface area (Å²) in [6.45, 7) is 3.31. The van der Waals surface area contributed by atoms with E-state index in [9.17, 15) is 9.59 Å². The van der Waals surface area contributed by atoms with E-state index in [1.165, 1.54) is 19.3 Å². The van der Waals surface area contributed by atoms with Crippen LogP contribution in [-0.4, -0.2) is 65.7 Å². The minimum absolute atomic E-state index is 0.0650. The maximum absolute atomic E-state index is 13.1. The van der Waals surface area contributed by atoms with Gasteiger partial charge in [0.1, 0.15) is 5.82 Å². The Hall–Kier alpha value is -2.45. The summed E-state index contributed by atoms with van der Waals surface area (Å²) in [4.78, 5) is 32.3. The molecule has 1 aliphatic heterocycles. The Morgan fingerprint density at radius 1 is 1.17 bits per heavy atom. The number of para-hydroxylation sites is 2. The summed E-state index contributed by atoms with van der Waals surface area (Å²) in [6, 6.07) is 7.87. The summed E-state index contributed by atoms with van der Waals surface area (Å²) in [5.74, 6) is 1.89. The van der Waals surface area contributed by atoms with Crippen molar-refractivity contribution in [2.45, 2.75) is 82.7 Å². The van der Waals surface area contributed by atoms with Crippen LogP contribution in [0.15, 0.2) is 24.3 Å². The maximum Gasteiger partial charge on any atom is 0.224 e. The first-order chi connectivity index (χ1) is 17.5. The molecule has 1 aliphatic carbocycles. The van der Waals surface area contributed by atoms with Crippen LogP contribution in [0.2, 0.25) is 0 Å². The number of amides is 2. The Balaban J connectivity index is 1.31. The van der Waals surface area contributed by atoms with Gasteiger partial charge in [0.2, 0.25) is 11.8 Å². The Morgan fingerprint density at radius 3 is 2.78 bits per heavy atom. The van der Waals surface area contributed by atoms with Crippen LogP contribution < -0.4 is 11.1 Å². The summed E-state index contributed by atoms with van der Waals surface area (Å²) in [5.41, 5.74) is 8.40. The molecule has 0 spiro atoms. The Morgan fingerprint density at radius 2 is 1.97 bits per heavy atom. The van der Waals surface area contributed by atoms with Gasteiger partial charge in [0.15, 0.2) is 0 Å². The molecule has 1 saturated carbocycles. The van der Waals surface area contributed by atoms with Crippen molar-refractivity contribution in [1.29, 1.82) is 0 Å². The number of aryl methyl sites for hydroxylation is 1. The predicted octanol–water partition coefficient (Wildman–Crippen LogP) is 3.58. The Bertz CT molecular complexity index is 1000. The van der Waals surface area contributed by atoms with Gasteiger partial charge in [0.05, 0.1) is 11.0 Å². The summed E-state index contributed by atoms with van der Waals surface area (Å²) in [6.07, 6.45) is 9.75. The molecule has 0 bridgehead atoms. The van der Waals surface area contributed by atoms with Gasteiger partial charge in [-0.1, -0.05) is 31.4 Å². The first-order valence-corrected chi connectivity index (χ1v) is 13.8. The van der Waals surface area contributed by atoms with Crippen LogP contribution in [0, 0.1) is 5.92 Å². The van der Waals surface area contributed by atoms with E-state index in [0.29, 0.717) is 32.0 Å². The van der Waals surface area contributed by atoms with Crippen LogP contribution in [-0.2, 0) is 20.9 Å².